The van der Waals surface area contributed by atoms with Gasteiger partial charge in [-0.2, -0.15) is 5.10 Å². The Balaban J connectivity index is 1.36. The molecule has 29 heavy (non-hydrogen) atoms. The lowest BCUT2D eigenvalue weighted by Crippen LogP contribution is -2.49. The van der Waals surface area contributed by atoms with Crippen molar-refractivity contribution in [2.24, 2.45) is 0 Å². The maximum atomic E-state index is 13.8. The van der Waals surface area contributed by atoms with E-state index in [4.69, 9.17) is 0 Å². The molecule has 0 radical (unpaired) electrons. The second kappa shape index (κ2) is 7.98. The number of halogens is 1. The Morgan fingerprint density at radius 3 is 2.31 bits per heavy atom. The van der Waals surface area contributed by atoms with Gasteiger partial charge in [-0.05, 0) is 43.7 Å². The lowest BCUT2D eigenvalue weighted by Gasteiger charge is -2.35. The molecule has 0 N–H and O–H groups in total. The molecule has 0 aliphatic carbocycles. The van der Waals surface area contributed by atoms with Crippen LogP contribution in [0.3, 0.4) is 0 Å². The molecule has 7 nitrogen and oxygen atoms in total. The van der Waals surface area contributed by atoms with Crippen LogP contribution in [0, 0.1) is 19.7 Å². The Morgan fingerprint density at radius 1 is 1.00 bits per heavy atom. The van der Waals surface area contributed by atoms with Crippen LogP contribution in [0.15, 0.2) is 42.5 Å². The fraction of sp³-hybridized carbons (Fsp3) is 0.333. The van der Waals surface area contributed by atoms with Crippen molar-refractivity contribution >= 4 is 11.7 Å². The molecule has 2 aromatic heterocycles. The predicted octanol–water partition coefficient (Wildman–Crippen LogP) is 2.31. The van der Waals surface area contributed by atoms with Crippen LogP contribution in [0.2, 0.25) is 0 Å². The van der Waals surface area contributed by atoms with Gasteiger partial charge in [0.2, 0.25) is 5.91 Å². The van der Waals surface area contributed by atoms with Gasteiger partial charge in [0, 0.05) is 31.9 Å². The fourth-order valence-electron chi connectivity index (χ4n) is 3.56. The Bertz CT molecular complexity index is 1010. The largest absolute Gasteiger partial charge is 0.352 e. The first-order chi connectivity index (χ1) is 14.0. The van der Waals surface area contributed by atoms with Gasteiger partial charge in [0.1, 0.15) is 5.82 Å². The maximum absolute atomic E-state index is 13.8. The van der Waals surface area contributed by atoms with Crippen LogP contribution in [0.5, 0.6) is 0 Å². The molecular weight excluding hydrogens is 371 g/mol. The molecule has 3 heterocycles. The van der Waals surface area contributed by atoms with Crippen molar-refractivity contribution in [3.8, 4) is 5.82 Å². The van der Waals surface area contributed by atoms with Crippen LogP contribution >= 0.6 is 0 Å². The van der Waals surface area contributed by atoms with Gasteiger partial charge >= 0.3 is 0 Å². The van der Waals surface area contributed by atoms with E-state index < -0.39 is 0 Å². The molecule has 1 aliphatic heterocycles. The fourth-order valence-corrected chi connectivity index (χ4v) is 3.56. The second-order valence-electron chi connectivity index (χ2n) is 7.22. The molecule has 0 bridgehead atoms. The summed E-state index contributed by atoms with van der Waals surface area (Å²) in [6.45, 7) is 6.40. The van der Waals surface area contributed by atoms with Crippen LogP contribution in [0.4, 0.5) is 10.2 Å². The van der Waals surface area contributed by atoms with Crippen molar-refractivity contribution in [3.05, 3.63) is 65.2 Å². The number of piperazine rings is 1. The number of carbonyl (C=O) groups is 1. The summed E-state index contributed by atoms with van der Waals surface area (Å²) in [5, 5.41) is 13.1. The molecule has 0 unspecified atom stereocenters. The highest BCUT2D eigenvalue weighted by Gasteiger charge is 2.23. The molecule has 0 atom stereocenters. The summed E-state index contributed by atoms with van der Waals surface area (Å²) in [5.74, 6) is 1.06. The van der Waals surface area contributed by atoms with Crippen LogP contribution in [0.1, 0.15) is 17.0 Å². The summed E-state index contributed by atoms with van der Waals surface area (Å²) in [4.78, 5) is 16.4. The average Bonchev–Trinajstić information content (AvgIpc) is 3.08. The SMILES string of the molecule is Cc1cc(C)n(-c2ccc(N3CCN(C(=O)Cc4ccccc4F)CC3)nn2)n1. The maximum Gasteiger partial charge on any atom is 0.227 e. The summed E-state index contributed by atoms with van der Waals surface area (Å²) in [5.41, 5.74) is 2.38. The summed E-state index contributed by atoms with van der Waals surface area (Å²) in [7, 11) is 0. The number of nitrogens with zero attached hydrogens (tertiary/aromatic N) is 6. The summed E-state index contributed by atoms with van der Waals surface area (Å²) < 4.78 is 15.6. The monoisotopic (exact) mass is 394 g/mol. The smallest absolute Gasteiger partial charge is 0.227 e. The van der Waals surface area contributed by atoms with Crippen LogP contribution < -0.4 is 4.90 Å². The molecule has 0 saturated carbocycles. The molecule has 1 amide bonds. The van der Waals surface area contributed by atoms with Crippen molar-refractivity contribution in [2.45, 2.75) is 20.3 Å². The predicted molar refractivity (Wildman–Crippen MR) is 108 cm³/mol. The minimum absolute atomic E-state index is 0.0549. The van der Waals surface area contributed by atoms with Gasteiger partial charge in [-0.25, -0.2) is 9.07 Å². The highest BCUT2D eigenvalue weighted by Crippen LogP contribution is 2.16. The highest BCUT2D eigenvalue weighted by atomic mass is 19.1. The zero-order chi connectivity index (χ0) is 20.4. The number of amides is 1. The molecule has 150 valence electrons. The van der Waals surface area contributed by atoms with E-state index in [9.17, 15) is 9.18 Å². The van der Waals surface area contributed by atoms with Gasteiger partial charge in [-0.3, -0.25) is 4.79 Å². The average molecular weight is 394 g/mol. The molecule has 3 aromatic rings. The van der Waals surface area contributed by atoms with Crippen molar-refractivity contribution < 1.29 is 9.18 Å². The quantitative estimate of drug-likeness (QED) is 0.679. The molecule has 1 aromatic carbocycles. The van der Waals surface area contributed by atoms with Crippen molar-refractivity contribution in [1.82, 2.24) is 24.9 Å². The standard InChI is InChI=1S/C21H23FN6O/c1-15-13-16(2)28(25-15)20-8-7-19(23-24-20)26-9-11-27(12-10-26)21(29)14-17-5-3-4-6-18(17)22/h3-8,13H,9-12,14H2,1-2H3. The third-order valence-electron chi connectivity index (χ3n) is 5.12. The number of aromatic nitrogens is 4. The molecule has 0 spiro atoms. The minimum atomic E-state index is -0.336. The first-order valence-corrected chi connectivity index (χ1v) is 9.65. The lowest BCUT2D eigenvalue weighted by atomic mass is 10.1. The van der Waals surface area contributed by atoms with E-state index in [1.807, 2.05) is 32.0 Å². The first kappa shape index (κ1) is 19.0. The summed E-state index contributed by atoms with van der Waals surface area (Å²) in [6, 6.07) is 12.2. The molecule has 1 saturated heterocycles. The number of aryl methyl sites for hydroxylation is 2. The van der Waals surface area contributed by atoms with Gasteiger partial charge in [-0.15, -0.1) is 10.2 Å². The van der Waals surface area contributed by atoms with Crippen LogP contribution in [-0.4, -0.2) is 57.0 Å². The molecule has 1 fully saturated rings. The van der Waals surface area contributed by atoms with E-state index in [0.717, 1.165) is 17.2 Å². The third kappa shape index (κ3) is 4.11. The first-order valence-electron chi connectivity index (χ1n) is 9.65. The topological polar surface area (TPSA) is 67.2 Å². The summed E-state index contributed by atoms with van der Waals surface area (Å²) >= 11 is 0. The Morgan fingerprint density at radius 2 is 1.69 bits per heavy atom. The van der Waals surface area contributed by atoms with E-state index >= 15 is 0 Å². The van der Waals surface area contributed by atoms with E-state index in [1.54, 1.807) is 27.8 Å². The van der Waals surface area contributed by atoms with Crippen molar-refractivity contribution in [2.75, 3.05) is 31.1 Å². The molecular formula is C21H23FN6O. The van der Waals surface area contributed by atoms with E-state index in [-0.39, 0.29) is 18.1 Å². The zero-order valence-electron chi connectivity index (χ0n) is 16.5. The molecule has 4 rings (SSSR count). The lowest BCUT2D eigenvalue weighted by molar-refractivity contribution is -0.130. The van der Waals surface area contributed by atoms with Gasteiger partial charge in [0.25, 0.3) is 0 Å². The van der Waals surface area contributed by atoms with Crippen LogP contribution in [-0.2, 0) is 11.2 Å². The Hall–Kier alpha value is -3.29. The Labute approximate surface area is 168 Å². The highest BCUT2D eigenvalue weighted by molar-refractivity contribution is 5.79. The summed E-state index contributed by atoms with van der Waals surface area (Å²) in [6.07, 6.45) is 0.0871. The number of hydrogen-bond donors (Lipinski definition) is 0. The number of carbonyl (C=O) groups excluding carboxylic acids is 1. The van der Waals surface area contributed by atoms with E-state index in [1.165, 1.54) is 6.07 Å². The number of hydrogen-bond acceptors (Lipinski definition) is 5. The molecule has 1 aliphatic rings. The second-order valence-corrected chi connectivity index (χ2v) is 7.22. The van der Waals surface area contributed by atoms with Gasteiger partial charge < -0.3 is 9.80 Å². The number of anilines is 1. The van der Waals surface area contributed by atoms with Gasteiger partial charge in [0.05, 0.1) is 12.1 Å². The van der Waals surface area contributed by atoms with Gasteiger partial charge in [0.15, 0.2) is 11.6 Å². The Kier molecular flexibility index (Phi) is 5.24. The van der Waals surface area contributed by atoms with E-state index in [2.05, 4.69) is 20.2 Å². The molecule has 8 heteroatoms. The number of benzene rings is 1. The van der Waals surface area contributed by atoms with Crippen molar-refractivity contribution in [1.29, 1.82) is 0 Å². The third-order valence-corrected chi connectivity index (χ3v) is 5.12. The van der Waals surface area contributed by atoms with Crippen LogP contribution in [0.25, 0.3) is 5.82 Å². The number of rotatable bonds is 4. The van der Waals surface area contributed by atoms with E-state index in [0.29, 0.717) is 37.6 Å². The minimum Gasteiger partial charge on any atom is -0.352 e. The van der Waals surface area contributed by atoms with Gasteiger partial charge in [-0.1, -0.05) is 18.2 Å². The zero-order valence-corrected chi connectivity index (χ0v) is 16.5. The van der Waals surface area contributed by atoms with Crippen molar-refractivity contribution in [3.63, 3.8) is 0 Å². The normalized spacial score (nSPS) is 14.3.